The van der Waals surface area contributed by atoms with Crippen LogP contribution in [-0.2, 0) is 0 Å². The maximum absolute atomic E-state index is 6.18. The molecule has 0 amide bonds. The fourth-order valence-corrected chi connectivity index (χ4v) is 3.48. The van der Waals surface area contributed by atoms with Gasteiger partial charge in [-0.3, -0.25) is 4.98 Å². The summed E-state index contributed by atoms with van der Waals surface area (Å²) >= 11 is 0. The molecule has 0 saturated heterocycles. The number of anilines is 2. The Morgan fingerprint density at radius 3 is 1.88 bits per heavy atom. The van der Waals surface area contributed by atoms with Crippen LogP contribution < -0.4 is 11.5 Å². The first-order valence-electron chi connectivity index (χ1n) is 8.00. The first-order chi connectivity index (χ1) is 11.6. The number of hydrogen-bond donors (Lipinski definition) is 2. The van der Waals surface area contributed by atoms with Crippen molar-refractivity contribution in [3.63, 3.8) is 0 Å². The highest BCUT2D eigenvalue weighted by molar-refractivity contribution is 6.09. The second-order valence-corrected chi connectivity index (χ2v) is 6.22. The molecule has 2 aromatic carbocycles. The van der Waals surface area contributed by atoms with Crippen LogP contribution in [0.5, 0.6) is 0 Å². The molecule has 1 aliphatic rings. The molecule has 4 N–H and O–H groups in total. The van der Waals surface area contributed by atoms with E-state index in [1.807, 2.05) is 36.5 Å². The summed E-state index contributed by atoms with van der Waals surface area (Å²) in [5, 5.41) is 0. The maximum atomic E-state index is 6.18. The van der Waals surface area contributed by atoms with E-state index in [1.54, 1.807) is 0 Å². The molecule has 1 aromatic heterocycles. The van der Waals surface area contributed by atoms with E-state index in [-0.39, 0.29) is 0 Å². The second-order valence-electron chi connectivity index (χ2n) is 6.22. The van der Waals surface area contributed by atoms with E-state index in [2.05, 4.69) is 37.0 Å². The lowest BCUT2D eigenvalue weighted by Crippen LogP contribution is -1.96. The van der Waals surface area contributed by atoms with E-state index in [0.717, 1.165) is 33.8 Å². The van der Waals surface area contributed by atoms with E-state index < -0.39 is 0 Å². The molecule has 3 aromatic rings. The smallest absolute Gasteiger partial charge is 0.0636 e. The Balaban J connectivity index is 2.09. The normalized spacial score (nSPS) is 12.0. The van der Waals surface area contributed by atoms with Gasteiger partial charge in [0, 0.05) is 17.6 Å². The van der Waals surface area contributed by atoms with Crippen molar-refractivity contribution in [2.75, 3.05) is 11.5 Å². The maximum Gasteiger partial charge on any atom is 0.0636 e. The lowest BCUT2D eigenvalue weighted by Gasteiger charge is -2.11. The quantitative estimate of drug-likeness (QED) is 0.511. The molecule has 0 radical (unpaired) electrons. The van der Waals surface area contributed by atoms with Gasteiger partial charge in [0.05, 0.1) is 5.69 Å². The average Bonchev–Trinajstić information content (AvgIpc) is 2.90. The van der Waals surface area contributed by atoms with Crippen LogP contribution in [0, 0.1) is 13.8 Å². The lowest BCUT2D eigenvalue weighted by atomic mass is 9.95. The highest BCUT2D eigenvalue weighted by Gasteiger charge is 2.28. The summed E-state index contributed by atoms with van der Waals surface area (Å²) in [4.78, 5) is 4.45. The van der Waals surface area contributed by atoms with Crippen molar-refractivity contribution in [2.24, 2.45) is 0 Å². The zero-order chi connectivity index (χ0) is 16.8. The Labute approximate surface area is 141 Å². The molecule has 0 atom stereocenters. The number of aromatic nitrogens is 1. The van der Waals surface area contributed by atoms with Crippen molar-refractivity contribution < 1.29 is 0 Å². The number of fused-ring (bicyclic) bond motifs is 3. The van der Waals surface area contributed by atoms with Gasteiger partial charge in [0.1, 0.15) is 0 Å². The molecule has 1 aliphatic carbocycles. The fourth-order valence-electron chi connectivity index (χ4n) is 3.48. The number of benzene rings is 2. The third-order valence-electron chi connectivity index (χ3n) is 4.82. The molecule has 1 heterocycles. The molecule has 3 nitrogen and oxygen atoms in total. The predicted molar refractivity (Wildman–Crippen MR) is 101 cm³/mol. The molecular formula is C21H19N3. The van der Waals surface area contributed by atoms with E-state index in [1.165, 1.54) is 22.3 Å². The van der Waals surface area contributed by atoms with Gasteiger partial charge in [-0.05, 0) is 83.1 Å². The number of hydrogen-bond acceptors (Lipinski definition) is 3. The Hall–Kier alpha value is -3.07. The van der Waals surface area contributed by atoms with E-state index in [0.29, 0.717) is 0 Å². The van der Waals surface area contributed by atoms with Gasteiger partial charge in [-0.2, -0.15) is 0 Å². The highest BCUT2D eigenvalue weighted by Crippen LogP contribution is 2.49. The summed E-state index contributed by atoms with van der Waals surface area (Å²) in [6.07, 6.45) is 3.94. The van der Waals surface area contributed by atoms with Crippen molar-refractivity contribution in [3.8, 4) is 11.1 Å². The van der Waals surface area contributed by atoms with E-state index in [9.17, 15) is 0 Å². The minimum absolute atomic E-state index is 0.805. The topological polar surface area (TPSA) is 64.9 Å². The minimum atomic E-state index is 0.805. The molecule has 0 spiro atoms. The summed E-state index contributed by atoms with van der Waals surface area (Å²) in [6, 6.07) is 14.1. The van der Waals surface area contributed by atoms with Gasteiger partial charge in [-0.25, -0.2) is 0 Å². The average molecular weight is 313 g/mol. The van der Waals surface area contributed by atoms with Crippen LogP contribution in [0.4, 0.5) is 11.4 Å². The Kier molecular flexibility index (Phi) is 3.17. The molecule has 3 heteroatoms. The minimum Gasteiger partial charge on any atom is -0.398 e. The van der Waals surface area contributed by atoms with Crippen molar-refractivity contribution in [1.82, 2.24) is 4.98 Å². The highest BCUT2D eigenvalue weighted by atomic mass is 14.7. The first kappa shape index (κ1) is 14.5. The summed E-state index contributed by atoms with van der Waals surface area (Å²) in [5.41, 5.74) is 23.0. The lowest BCUT2D eigenvalue weighted by molar-refractivity contribution is 1.29. The van der Waals surface area contributed by atoms with Crippen molar-refractivity contribution in [2.45, 2.75) is 13.8 Å². The molecular weight excluding hydrogens is 294 g/mol. The van der Waals surface area contributed by atoms with Crippen LogP contribution in [-0.4, -0.2) is 4.98 Å². The molecule has 0 saturated carbocycles. The van der Waals surface area contributed by atoms with Crippen LogP contribution in [0.3, 0.4) is 0 Å². The number of pyridine rings is 1. The van der Waals surface area contributed by atoms with Crippen molar-refractivity contribution >= 4 is 23.0 Å². The molecule has 118 valence electrons. The zero-order valence-electron chi connectivity index (χ0n) is 13.8. The third-order valence-corrected chi connectivity index (χ3v) is 4.82. The van der Waals surface area contributed by atoms with Gasteiger partial charge in [0.2, 0.25) is 0 Å². The molecule has 4 rings (SSSR count). The van der Waals surface area contributed by atoms with Gasteiger partial charge in [-0.1, -0.05) is 18.2 Å². The summed E-state index contributed by atoms with van der Waals surface area (Å²) in [5.74, 6) is 0. The third kappa shape index (κ3) is 2.02. The van der Waals surface area contributed by atoms with Crippen LogP contribution in [0.15, 0.2) is 48.7 Å². The van der Waals surface area contributed by atoms with Gasteiger partial charge in [0.25, 0.3) is 0 Å². The largest absolute Gasteiger partial charge is 0.398 e. The second kappa shape index (κ2) is 5.24. The van der Waals surface area contributed by atoms with Crippen molar-refractivity contribution in [1.29, 1.82) is 0 Å². The zero-order valence-corrected chi connectivity index (χ0v) is 13.8. The molecule has 0 fully saturated rings. The van der Waals surface area contributed by atoms with Crippen LogP contribution in [0.1, 0.15) is 27.9 Å². The van der Waals surface area contributed by atoms with Crippen LogP contribution in [0.25, 0.3) is 22.8 Å². The van der Waals surface area contributed by atoms with Crippen LogP contribution >= 0.6 is 0 Å². The number of nitrogens with two attached hydrogens (primary N) is 2. The van der Waals surface area contributed by atoms with E-state index >= 15 is 0 Å². The molecule has 0 aliphatic heterocycles. The van der Waals surface area contributed by atoms with Gasteiger partial charge in [-0.15, -0.1) is 0 Å². The monoisotopic (exact) mass is 313 g/mol. The van der Waals surface area contributed by atoms with Crippen LogP contribution in [0.2, 0.25) is 0 Å². The summed E-state index contributed by atoms with van der Waals surface area (Å²) in [7, 11) is 0. The van der Waals surface area contributed by atoms with Crippen molar-refractivity contribution in [3.05, 3.63) is 76.6 Å². The molecule has 0 unspecified atom stereocenters. The Bertz CT molecular complexity index is 926. The number of rotatable bonds is 1. The summed E-state index contributed by atoms with van der Waals surface area (Å²) < 4.78 is 0. The standard InChI is InChI=1S/C21H19N3/c1-12-18(22)8-6-15-16-7-9-19(23)13(2)21(16)17(20(12)15)11-14-5-3-4-10-24-14/h3-11H,22-23H2,1-2H3. The Morgan fingerprint density at radius 2 is 1.38 bits per heavy atom. The predicted octanol–water partition coefficient (Wildman–Crippen LogP) is 4.43. The van der Waals surface area contributed by atoms with Gasteiger partial charge in [0.15, 0.2) is 0 Å². The molecule has 24 heavy (non-hydrogen) atoms. The Morgan fingerprint density at radius 1 is 0.792 bits per heavy atom. The number of nitrogens with zero attached hydrogens (tertiary/aromatic N) is 1. The first-order valence-corrected chi connectivity index (χ1v) is 8.00. The fraction of sp³-hybridized carbons (Fsp3) is 0.0952. The summed E-state index contributed by atoms with van der Waals surface area (Å²) in [6.45, 7) is 4.15. The SMILES string of the molecule is Cc1c(N)ccc2c1C(=Cc1ccccn1)c1c-2ccc(N)c1C. The molecule has 0 bridgehead atoms. The van der Waals surface area contributed by atoms with E-state index in [4.69, 9.17) is 11.5 Å². The number of nitrogen functional groups attached to an aromatic ring is 2. The van der Waals surface area contributed by atoms with Gasteiger partial charge >= 0.3 is 0 Å². The van der Waals surface area contributed by atoms with Gasteiger partial charge < -0.3 is 11.5 Å².